The second kappa shape index (κ2) is 4.89. The van der Waals surface area contributed by atoms with Crippen LogP contribution in [0.25, 0.3) is 27.5 Å². The lowest BCUT2D eigenvalue weighted by Gasteiger charge is -2.11. The van der Waals surface area contributed by atoms with Crippen molar-refractivity contribution in [3.8, 4) is 17.2 Å². The zero-order valence-corrected chi connectivity index (χ0v) is 12.3. The summed E-state index contributed by atoms with van der Waals surface area (Å²) < 4.78 is 15.1. The monoisotopic (exact) mass is 302 g/mol. The Morgan fingerprint density at radius 3 is 2.87 bits per heavy atom. The van der Waals surface area contributed by atoms with E-state index in [1.807, 2.05) is 25.3 Å². The molecule has 0 radical (unpaired) electrons. The molecule has 23 heavy (non-hydrogen) atoms. The predicted molar refractivity (Wildman–Crippen MR) is 85.3 cm³/mol. The van der Waals surface area contributed by atoms with Crippen LogP contribution in [0.2, 0.25) is 0 Å². The van der Waals surface area contributed by atoms with Gasteiger partial charge >= 0.3 is 0 Å². The average Bonchev–Trinajstić information content (AvgIpc) is 2.97. The molecule has 4 nitrogen and oxygen atoms in total. The maximum absolute atomic E-state index is 13.5. The molecule has 0 amide bonds. The van der Waals surface area contributed by atoms with Crippen LogP contribution in [0.1, 0.15) is 11.1 Å². The number of fused-ring (bicyclic) bond motifs is 2. The van der Waals surface area contributed by atoms with Crippen molar-refractivity contribution in [2.24, 2.45) is 0 Å². The zero-order valence-electron chi connectivity index (χ0n) is 12.3. The van der Waals surface area contributed by atoms with E-state index in [-0.39, 0.29) is 5.82 Å². The van der Waals surface area contributed by atoms with E-state index in [2.05, 4.69) is 16.2 Å². The Balaban J connectivity index is 2.02. The Hall–Kier alpha value is -3.26. The van der Waals surface area contributed by atoms with Gasteiger partial charge in [0.25, 0.3) is 0 Å². The topological polar surface area (TPSA) is 54.0 Å². The lowest BCUT2D eigenvalue weighted by Crippen LogP contribution is -1.94. The van der Waals surface area contributed by atoms with Gasteiger partial charge in [-0.1, -0.05) is 18.2 Å². The van der Waals surface area contributed by atoms with Crippen molar-refractivity contribution in [3.63, 3.8) is 0 Å². The molecule has 0 N–H and O–H groups in total. The SMILES string of the molecule is Cc1ccc2cc(F)ccc2c1-c1cnc2c(C#N)cnn2c1. The minimum Gasteiger partial charge on any atom is -0.235 e. The summed E-state index contributed by atoms with van der Waals surface area (Å²) in [4.78, 5) is 4.36. The highest BCUT2D eigenvalue weighted by Crippen LogP contribution is 2.32. The Bertz CT molecular complexity index is 1110. The number of nitriles is 1. The molecule has 0 fully saturated rings. The highest BCUT2D eigenvalue weighted by molar-refractivity contribution is 5.98. The molecule has 2 aromatic carbocycles. The third-order valence-electron chi connectivity index (χ3n) is 3.96. The van der Waals surface area contributed by atoms with Gasteiger partial charge in [-0.3, -0.25) is 0 Å². The van der Waals surface area contributed by atoms with Gasteiger partial charge in [-0.25, -0.2) is 13.9 Å². The molecule has 5 heteroatoms. The van der Waals surface area contributed by atoms with Crippen molar-refractivity contribution < 1.29 is 4.39 Å². The number of rotatable bonds is 1. The summed E-state index contributed by atoms with van der Waals surface area (Å²) >= 11 is 0. The number of aromatic nitrogens is 3. The van der Waals surface area contributed by atoms with E-state index in [0.717, 1.165) is 27.5 Å². The van der Waals surface area contributed by atoms with Crippen molar-refractivity contribution >= 4 is 16.4 Å². The van der Waals surface area contributed by atoms with Gasteiger partial charge in [0.05, 0.1) is 6.20 Å². The predicted octanol–water partition coefficient (Wildman–Crippen LogP) is 3.87. The molecule has 2 aromatic heterocycles. The summed E-state index contributed by atoms with van der Waals surface area (Å²) in [7, 11) is 0. The summed E-state index contributed by atoms with van der Waals surface area (Å²) in [5.74, 6) is -0.258. The van der Waals surface area contributed by atoms with Crippen LogP contribution >= 0.6 is 0 Å². The molecule has 2 heterocycles. The second-order valence-corrected chi connectivity index (χ2v) is 5.40. The van der Waals surface area contributed by atoms with E-state index in [1.54, 1.807) is 16.8 Å². The van der Waals surface area contributed by atoms with Gasteiger partial charge in [-0.05, 0) is 41.0 Å². The first kappa shape index (κ1) is 13.4. The van der Waals surface area contributed by atoms with Crippen LogP contribution in [0, 0.1) is 24.1 Å². The fourth-order valence-electron chi connectivity index (χ4n) is 2.88. The minimum absolute atomic E-state index is 0.258. The molecular weight excluding hydrogens is 291 g/mol. The van der Waals surface area contributed by atoms with E-state index in [4.69, 9.17) is 5.26 Å². The summed E-state index contributed by atoms with van der Waals surface area (Å²) in [5, 5.41) is 15.0. The molecule has 0 saturated heterocycles. The van der Waals surface area contributed by atoms with Crippen LogP contribution in [0.3, 0.4) is 0 Å². The average molecular weight is 302 g/mol. The molecule has 0 aliphatic rings. The maximum atomic E-state index is 13.5. The molecule has 110 valence electrons. The number of nitrogens with zero attached hydrogens (tertiary/aromatic N) is 4. The van der Waals surface area contributed by atoms with Crippen molar-refractivity contribution in [1.82, 2.24) is 14.6 Å². The second-order valence-electron chi connectivity index (χ2n) is 5.40. The number of aryl methyl sites for hydroxylation is 1. The molecule has 0 aliphatic carbocycles. The molecule has 0 spiro atoms. The van der Waals surface area contributed by atoms with Gasteiger partial charge in [0.2, 0.25) is 0 Å². The van der Waals surface area contributed by atoms with E-state index in [0.29, 0.717) is 11.2 Å². The highest BCUT2D eigenvalue weighted by Gasteiger charge is 2.11. The summed E-state index contributed by atoms with van der Waals surface area (Å²) in [6.45, 7) is 2.01. The Morgan fingerprint density at radius 2 is 2.04 bits per heavy atom. The van der Waals surface area contributed by atoms with Crippen LogP contribution in [0.15, 0.2) is 48.9 Å². The molecule has 0 saturated carbocycles. The van der Waals surface area contributed by atoms with Crippen molar-refractivity contribution in [2.45, 2.75) is 6.92 Å². The maximum Gasteiger partial charge on any atom is 0.172 e. The third kappa shape index (κ3) is 2.04. The van der Waals surface area contributed by atoms with E-state index in [9.17, 15) is 4.39 Å². The van der Waals surface area contributed by atoms with Gasteiger partial charge in [-0.2, -0.15) is 10.4 Å². The molecule has 0 unspecified atom stereocenters. The minimum atomic E-state index is -0.258. The zero-order chi connectivity index (χ0) is 16.0. The molecule has 4 aromatic rings. The first-order valence-electron chi connectivity index (χ1n) is 7.10. The number of halogens is 1. The quantitative estimate of drug-likeness (QED) is 0.536. The first-order chi connectivity index (χ1) is 11.2. The molecule has 4 rings (SSSR count). The molecule has 0 bridgehead atoms. The largest absolute Gasteiger partial charge is 0.235 e. The molecule has 0 aliphatic heterocycles. The van der Waals surface area contributed by atoms with Crippen molar-refractivity contribution in [3.05, 3.63) is 65.9 Å². The van der Waals surface area contributed by atoms with Crippen LogP contribution in [-0.2, 0) is 0 Å². The van der Waals surface area contributed by atoms with Gasteiger partial charge in [0.1, 0.15) is 17.4 Å². The first-order valence-corrected chi connectivity index (χ1v) is 7.10. The van der Waals surface area contributed by atoms with E-state index < -0.39 is 0 Å². The lowest BCUT2D eigenvalue weighted by atomic mass is 9.95. The van der Waals surface area contributed by atoms with E-state index >= 15 is 0 Å². The van der Waals surface area contributed by atoms with Crippen LogP contribution < -0.4 is 0 Å². The summed E-state index contributed by atoms with van der Waals surface area (Å²) in [6, 6.07) is 10.7. The Morgan fingerprint density at radius 1 is 1.17 bits per heavy atom. The normalized spacial score (nSPS) is 11.0. The number of benzene rings is 2. The summed E-state index contributed by atoms with van der Waals surface area (Å²) in [6.07, 6.45) is 5.06. The van der Waals surface area contributed by atoms with Crippen molar-refractivity contribution in [1.29, 1.82) is 5.26 Å². The van der Waals surface area contributed by atoms with Gasteiger partial charge in [0.15, 0.2) is 5.65 Å². The number of hydrogen-bond donors (Lipinski definition) is 0. The Labute approximate surface area is 131 Å². The van der Waals surface area contributed by atoms with Crippen LogP contribution in [0.4, 0.5) is 4.39 Å². The third-order valence-corrected chi connectivity index (χ3v) is 3.96. The summed E-state index contributed by atoms with van der Waals surface area (Å²) in [5.41, 5.74) is 3.90. The molecular formula is C18H11FN4. The molecule has 0 atom stereocenters. The van der Waals surface area contributed by atoms with Crippen LogP contribution in [0.5, 0.6) is 0 Å². The fourth-order valence-corrected chi connectivity index (χ4v) is 2.88. The van der Waals surface area contributed by atoms with Gasteiger partial charge in [0, 0.05) is 18.0 Å². The highest BCUT2D eigenvalue weighted by atomic mass is 19.1. The van der Waals surface area contributed by atoms with E-state index in [1.165, 1.54) is 18.3 Å². The fraction of sp³-hybridized carbons (Fsp3) is 0.0556. The van der Waals surface area contributed by atoms with Crippen LogP contribution in [-0.4, -0.2) is 14.6 Å². The van der Waals surface area contributed by atoms with Crippen molar-refractivity contribution in [2.75, 3.05) is 0 Å². The standard InChI is InChI=1S/C18H11FN4/c1-11-2-3-12-6-15(19)4-5-16(12)17(11)14-8-21-18-13(7-20)9-22-23(18)10-14/h2-6,8-10H,1H3. The van der Waals surface area contributed by atoms with Gasteiger partial charge in [-0.15, -0.1) is 0 Å². The smallest absolute Gasteiger partial charge is 0.172 e. The lowest BCUT2D eigenvalue weighted by molar-refractivity contribution is 0.630. The van der Waals surface area contributed by atoms with Gasteiger partial charge < -0.3 is 0 Å². The number of hydrogen-bond acceptors (Lipinski definition) is 3. The Kier molecular flexibility index (Phi) is 2.85.